The number of primary amides is 1. The van der Waals surface area contributed by atoms with Gasteiger partial charge in [-0.2, -0.15) is 0 Å². The molecule has 0 unspecified atom stereocenters. The van der Waals surface area contributed by atoms with E-state index >= 15 is 0 Å². The molecule has 5 heteroatoms. The lowest BCUT2D eigenvalue weighted by Crippen LogP contribution is -2.38. The molecule has 0 saturated carbocycles. The van der Waals surface area contributed by atoms with Crippen molar-refractivity contribution in [3.63, 3.8) is 0 Å². The topological polar surface area (TPSA) is 63.4 Å². The van der Waals surface area contributed by atoms with Gasteiger partial charge in [-0.1, -0.05) is 30.3 Å². The lowest BCUT2D eigenvalue weighted by Gasteiger charge is -2.26. The van der Waals surface area contributed by atoms with Gasteiger partial charge < -0.3 is 10.6 Å². The molecule has 0 aliphatic rings. The highest BCUT2D eigenvalue weighted by molar-refractivity contribution is 7.99. The lowest BCUT2D eigenvalue weighted by molar-refractivity contribution is -0.116. The molecule has 0 heterocycles. The first-order valence-corrected chi connectivity index (χ1v) is 8.98. The molecule has 0 aromatic heterocycles. The van der Waals surface area contributed by atoms with E-state index in [0.29, 0.717) is 17.1 Å². The molecule has 0 bridgehead atoms. The summed E-state index contributed by atoms with van der Waals surface area (Å²) in [5.41, 5.74) is 7.68. The van der Waals surface area contributed by atoms with E-state index < -0.39 is 5.91 Å². The number of rotatable bonds is 7. The summed E-state index contributed by atoms with van der Waals surface area (Å²) < 4.78 is 0. The van der Waals surface area contributed by atoms with Gasteiger partial charge in [-0.15, -0.1) is 11.8 Å². The number of nitrogens with two attached hydrogens (primary N) is 1. The number of amides is 2. The fraction of sp³-hybridized carbons (Fsp3) is 0.263. The van der Waals surface area contributed by atoms with Crippen molar-refractivity contribution in [3.8, 4) is 0 Å². The van der Waals surface area contributed by atoms with E-state index in [4.69, 9.17) is 5.73 Å². The van der Waals surface area contributed by atoms with E-state index in [0.717, 1.165) is 11.3 Å². The standard InChI is InChI=1S/C19H22N2O2S/c1-14(2)21(17-9-4-3-5-10-17)18(22)13-24-12-15-7-6-8-16(11-15)19(20)23/h3-11,14H,12-13H2,1-2H3,(H2,20,23). The van der Waals surface area contributed by atoms with Gasteiger partial charge in [0.2, 0.25) is 11.8 Å². The van der Waals surface area contributed by atoms with Crippen molar-refractivity contribution in [2.24, 2.45) is 5.73 Å². The van der Waals surface area contributed by atoms with Crippen molar-refractivity contribution in [2.45, 2.75) is 25.6 Å². The molecule has 126 valence electrons. The van der Waals surface area contributed by atoms with Crippen LogP contribution in [0.3, 0.4) is 0 Å². The average Bonchev–Trinajstić information content (AvgIpc) is 2.56. The normalized spacial score (nSPS) is 10.6. The van der Waals surface area contributed by atoms with Crippen molar-refractivity contribution in [3.05, 3.63) is 65.7 Å². The van der Waals surface area contributed by atoms with Crippen LogP contribution in [0.4, 0.5) is 5.69 Å². The minimum absolute atomic E-state index is 0.0762. The average molecular weight is 342 g/mol. The summed E-state index contributed by atoms with van der Waals surface area (Å²) in [6, 6.07) is 17.0. The number of hydrogen-bond donors (Lipinski definition) is 1. The number of anilines is 1. The smallest absolute Gasteiger partial charge is 0.248 e. The Morgan fingerprint density at radius 2 is 1.79 bits per heavy atom. The molecule has 2 rings (SSSR count). The fourth-order valence-corrected chi connectivity index (χ4v) is 3.29. The molecule has 0 aliphatic carbocycles. The third kappa shape index (κ3) is 4.86. The van der Waals surface area contributed by atoms with Gasteiger partial charge in [-0.3, -0.25) is 9.59 Å². The summed E-state index contributed by atoms with van der Waals surface area (Å²) in [4.78, 5) is 25.6. The SMILES string of the molecule is CC(C)N(C(=O)CSCc1cccc(C(N)=O)c1)c1ccccc1. The van der Waals surface area contributed by atoms with Crippen molar-refractivity contribution in [1.29, 1.82) is 0 Å². The minimum atomic E-state index is -0.437. The Bertz CT molecular complexity index is 702. The Balaban J connectivity index is 1.96. The molecule has 24 heavy (non-hydrogen) atoms. The summed E-state index contributed by atoms with van der Waals surface area (Å²) in [6.07, 6.45) is 0. The van der Waals surface area contributed by atoms with Gasteiger partial charge in [0.1, 0.15) is 0 Å². The van der Waals surface area contributed by atoms with Crippen molar-refractivity contribution in [2.75, 3.05) is 10.7 Å². The molecule has 0 spiro atoms. The number of carbonyl (C=O) groups excluding carboxylic acids is 2. The van der Waals surface area contributed by atoms with Gasteiger partial charge in [0.25, 0.3) is 0 Å². The Kier molecular flexibility index (Phi) is 6.44. The number of para-hydroxylation sites is 1. The summed E-state index contributed by atoms with van der Waals surface area (Å²) in [5, 5.41) is 0. The molecular weight excluding hydrogens is 320 g/mol. The Hall–Kier alpha value is -2.27. The molecule has 0 radical (unpaired) electrons. The van der Waals surface area contributed by atoms with E-state index in [1.54, 1.807) is 12.1 Å². The number of benzene rings is 2. The second kappa shape index (κ2) is 8.55. The maximum absolute atomic E-state index is 12.6. The van der Waals surface area contributed by atoms with Crippen LogP contribution >= 0.6 is 11.8 Å². The Morgan fingerprint density at radius 3 is 2.42 bits per heavy atom. The second-order valence-electron chi connectivity index (χ2n) is 5.75. The molecule has 4 nitrogen and oxygen atoms in total. The van der Waals surface area contributed by atoms with E-state index in [1.807, 2.05) is 61.2 Å². The van der Waals surface area contributed by atoms with Crippen LogP contribution in [0.15, 0.2) is 54.6 Å². The van der Waals surface area contributed by atoms with E-state index in [-0.39, 0.29) is 11.9 Å². The largest absolute Gasteiger partial charge is 0.366 e. The molecule has 2 aromatic rings. The van der Waals surface area contributed by atoms with Gasteiger partial charge in [-0.25, -0.2) is 0 Å². The van der Waals surface area contributed by atoms with Crippen LogP contribution in [0.25, 0.3) is 0 Å². The van der Waals surface area contributed by atoms with Crippen molar-refractivity contribution >= 4 is 29.3 Å². The quantitative estimate of drug-likeness (QED) is 0.838. The molecule has 0 saturated heterocycles. The van der Waals surface area contributed by atoms with Crippen molar-refractivity contribution in [1.82, 2.24) is 0 Å². The Labute approximate surface area is 147 Å². The zero-order chi connectivity index (χ0) is 17.5. The zero-order valence-corrected chi connectivity index (χ0v) is 14.8. The summed E-state index contributed by atoms with van der Waals surface area (Å²) in [6.45, 7) is 4.01. The van der Waals surface area contributed by atoms with Crippen LogP contribution in [0.1, 0.15) is 29.8 Å². The van der Waals surface area contributed by atoms with E-state index in [2.05, 4.69) is 0 Å². The number of thioether (sulfide) groups is 1. The molecule has 2 N–H and O–H groups in total. The maximum Gasteiger partial charge on any atom is 0.248 e. The van der Waals surface area contributed by atoms with E-state index in [1.165, 1.54) is 11.8 Å². The van der Waals surface area contributed by atoms with Gasteiger partial charge in [0.05, 0.1) is 5.75 Å². The predicted molar refractivity (Wildman–Crippen MR) is 100 cm³/mol. The maximum atomic E-state index is 12.6. The molecule has 0 aliphatic heterocycles. The highest BCUT2D eigenvalue weighted by Crippen LogP contribution is 2.20. The van der Waals surface area contributed by atoms with Crippen LogP contribution in [0.5, 0.6) is 0 Å². The number of nitrogens with zero attached hydrogens (tertiary/aromatic N) is 1. The highest BCUT2D eigenvalue weighted by atomic mass is 32.2. The molecular formula is C19H22N2O2S. The minimum Gasteiger partial charge on any atom is -0.366 e. The zero-order valence-electron chi connectivity index (χ0n) is 13.9. The Morgan fingerprint density at radius 1 is 1.08 bits per heavy atom. The first-order valence-electron chi connectivity index (χ1n) is 7.82. The first-order chi connectivity index (χ1) is 11.5. The van der Waals surface area contributed by atoms with Crippen LogP contribution in [0.2, 0.25) is 0 Å². The number of hydrogen-bond acceptors (Lipinski definition) is 3. The van der Waals surface area contributed by atoms with Crippen LogP contribution < -0.4 is 10.6 Å². The van der Waals surface area contributed by atoms with Crippen LogP contribution in [-0.2, 0) is 10.5 Å². The fourth-order valence-electron chi connectivity index (χ4n) is 2.46. The molecule has 2 amide bonds. The summed E-state index contributed by atoms with van der Waals surface area (Å²) in [7, 11) is 0. The van der Waals surface area contributed by atoms with E-state index in [9.17, 15) is 9.59 Å². The van der Waals surface area contributed by atoms with Gasteiger partial charge >= 0.3 is 0 Å². The molecule has 0 fully saturated rings. The van der Waals surface area contributed by atoms with Crippen LogP contribution in [-0.4, -0.2) is 23.6 Å². The van der Waals surface area contributed by atoms with Crippen molar-refractivity contribution < 1.29 is 9.59 Å². The first kappa shape index (κ1) is 18.1. The lowest BCUT2D eigenvalue weighted by atomic mass is 10.1. The monoisotopic (exact) mass is 342 g/mol. The van der Waals surface area contributed by atoms with Gasteiger partial charge in [0, 0.05) is 23.0 Å². The third-order valence-corrected chi connectivity index (χ3v) is 4.51. The predicted octanol–water partition coefficient (Wildman–Crippen LogP) is 3.46. The molecule has 0 atom stereocenters. The van der Waals surface area contributed by atoms with Crippen LogP contribution in [0, 0.1) is 0 Å². The summed E-state index contributed by atoms with van der Waals surface area (Å²) >= 11 is 1.53. The van der Waals surface area contributed by atoms with Gasteiger partial charge in [-0.05, 0) is 43.7 Å². The number of carbonyl (C=O) groups is 2. The molecule has 2 aromatic carbocycles. The second-order valence-corrected chi connectivity index (χ2v) is 6.74. The third-order valence-electron chi connectivity index (χ3n) is 3.53. The highest BCUT2D eigenvalue weighted by Gasteiger charge is 2.18. The van der Waals surface area contributed by atoms with Gasteiger partial charge in [0.15, 0.2) is 0 Å². The summed E-state index contributed by atoms with van der Waals surface area (Å²) in [5.74, 6) is 0.682.